The highest BCUT2D eigenvalue weighted by Crippen LogP contribution is 2.47. The summed E-state index contributed by atoms with van der Waals surface area (Å²) in [7, 11) is 4.62. The summed E-state index contributed by atoms with van der Waals surface area (Å²) in [5.74, 6) is 1.23. The number of benzene rings is 3. The Morgan fingerprint density at radius 3 is 2.00 bits per heavy atom. The van der Waals surface area contributed by atoms with Crippen molar-refractivity contribution >= 4 is 29.0 Å². The zero-order chi connectivity index (χ0) is 22.5. The Bertz CT molecular complexity index is 1070. The minimum atomic E-state index is -0.210. The summed E-state index contributed by atoms with van der Waals surface area (Å²) in [5, 5.41) is 3.00. The molecule has 0 unspecified atom stereocenters. The first-order chi connectivity index (χ1) is 15.7. The van der Waals surface area contributed by atoms with Gasteiger partial charge in [-0.15, -0.1) is 0 Å². The van der Waals surface area contributed by atoms with Crippen molar-refractivity contribution in [3.63, 3.8) is 0 Å². The van der Waals surface area contributed by atoms with Crippen molar-refractivity contribution in [2.75, 3.05) is 39.3 Å². The Morgan fingerprint density at radius 1 is 0.844 bits per heavy atom. The molecule has 1 amide bonds. The van der Waals surface area contributed by atoms with Crippen LogP contribution in [-0.4, -0.2) is 40.3 Å². The van der Waals surface area contributed by atoms with Crippen molar-refractivity contribution in [2.45, 2.75) is 16.2 Å². The number of nitrogens with one attached hydrogen (secondary N) is 1. The number of methoxy groups -OCH3 is 3. The maximum Gasteiger partial charge on any atom is 0.255 e. The van der Waals surface area contributed by atoms with E-state index in [0.717, 1.165) is 13.0 Å². The van der Waals surface area contributed by atoms with Crippen LogP contribution in [0, 0.1) is 0 Å². The van der Waals surface area contributed by atoms with Crippen LogP contribution >= 0.6 is 11.8 Å². The van der Waals surface area contributed by atoms with Crippen LogP contribution in [0.3, 0.4) is 0 Å². The lowest BCUT2D eigenvalue weighted by Gasteiger charge is -2.32. The Balaban J connectivity index is 1.44. The minimum Gasteiger partial charge on any atom is -0.496 e. The molecule has 4 rings (SSSR count). The third kappa shape index (κ3) is 4.34. The predicted octanol–water partition coefficient (Wildman–Crippen LogP) is 5.14. The molecule has 6 nitrogen and oxygen atoms in total. The molecule has 0 aliphatic carbocycles. The van der Waals surface area contributed by atoms with E-state index in [2.05, 4.69) is 58.7 Å². The Morgan fingerprint density at radius 2 is 1.41 bits per heavy atom. The molecule has 1 aliphatic rings. The van der Waals surface area contributed by atoms with Crippen LogP contribution in [0.15, 0.2) is 70.5 Å². The van der Waals surface area contributed by atoms with Crippen LogP contribution in [-0.2, 0) is 0 Å². The highest BCUT2D eigenvalue weighted by Gasteiger charge is 2.22. The molecule has 3 aromatic rings. The number of carbonyl (C=O) groups is 1. The standard InChI is InChI=1S/C25H26N2O4S/c1-29-20-16-22(31-3)21(30-2)15-17(20)25(28)26-13-8-14-27-18-9-4-6-11-23(18)32-24-12-7-5-10-19(24)27/h4-7,9-12,15-16H,8,13-14H2,1-3H3,(H,26,28). The summed E-state index contributed by atoms with van der Waals surface area (Å²) in [6.45, 7) is 1.32. The van der Waals surface area contributed by atoms with Crippen LogP contribution < -0.4 is 24.4 Å². The Kier molecular flexibility index (Phi) is 6.75. The first-order valence-corrected chi connectivity index (χ1v) is 11.2. The van der Waals surface area contributed by atoms with Gasteiger partial charge in [-0.1, -0.05) is 36.0 Å². The molecule has 0 radical (unpaired) electrons. The number of hydrogen-bond donors (Lipinski definition) is 1. The fourth-order valence-electron chi connectivity index (χ4n) is 3.76. The Labute approximate surface area is 192 Å². The molecule has 1 aliphatic heterocycles. The van der Waals surface area contributed by atoms with E-state index in [9.17, 15) is 4.79 Å². The van der Waals surface area contributed by atoms with Crippen molar-refractivity contribution in [3.05, 3.63) is 66.2 Å². The van der Waals surface area contributed by atoms with Gasteiger partial charge in [-0.2, -0.15) is 0 Å². The largest absolute Gasteiger partial charge is 0.496 e. The normalized spacial score (nSPS) is 11.9. The molecule has 166 valence electrons. The van der Waals surface area contributed by atoms with E-state index >= 15 is 0 Å². The number of nitrogens with zero attached hydrogens (tertiary/aromatic N) is 1. The third-order valence-electron chi connectivity index (χ3n) is 5.33. The molecule has 0 atom stereocenters. The molecular formula is C25H26N2O4S. The lowest BCUT2D eigenvalue weighted by atomic mass is 10.1. The molecule has 0 bridgehead atoms. The van der Waals surface area contributed by atoms with E-state index in [1.807, 2.05) is 0 Å². The van der Waals surface area contributed by atoms with Crippen molar-refractivity contribution < 1.29 is 19.0 Å². The topological polar surface area (TPSA) is 60.0 Å². The summed E-state index contributed by atoms with van der Waals surface area (Å²) >= 11 is 1.79. The molecule has 0 aromatic heterocycles. The first kappa shape index (κ1) is 21.9. The van der Waals surface area contributed by atoms with Gasteiger partial charge < -0.3 is 24.4 Å². The van der Waals surface area contributed by atoms with Crippen molar-refractivity contribution in [1.82, 2.24) is 5.32 Å². The number of rotatable bonds is 8. The van der Waals surface area contributed by atoms with E-state index in [1.165, 1.54) is 28.3 Å². The molecule has 0 saturated carbocycles. The van der Waals surface area contributed by atoms with Crippen molar-refractivity contribution in [1.29, 1.82) is 0 Å². The molecule has 1 heterocycles. The zero-order valence-corrected chi connectivity index (χ0v) is 19.2. The van der Waals surface area contributed by atoms with Gasteiger partial charge in [-0.05, 0) is 30.7 Å². The highest BCUT2D eigenvalue weighted by atomic mass is 32.2. The summed E-state index contributed by atoms with van der Waals surface area (Å²) < 4.78 is 16.0. The average Bonchev–Trinajstić information content (AvgIpc) is 2.84. The van der Waals surface area contributed by atoms with Crippen LogP contribution in [0.25, 0.3) is 0 Å². The summed E-state index contributed by atoms with van der Waals surface area (Å²) in [5.41, 5.74) is 2.81. The minimum absolute atomic E-state index is 0.210. The molecule has 32 heavy (non-hydrogen) atoms. The fourth-order valence-corrected chi connectivity index (χ4v) is 4.86. The van der Waals surface area contributed by atoms with E-state index in [-0.39, 0.29) is 5.91 Å². The monoisotopic (exact) mass is 450 g/mol. The smallest absolute Gasteiger partial charge is 0.255 e. The summed E-state index contributed by atoms with van der Waals surface area (Å²) in [6.07, 6.45) is 0.786. The van der Waals surface area contributed by atoms with E-state index in [0.29, 0.717) is 29.4 Å². The Hall–Kier alpha value is -3.32. The van der Waals surface area contributed by atoms with Crippen LogP contribution in [0.2, 0.25) is 0 Å². The quantitative estimate of drug-likeness (QED) is 0.480. The third-order valence-corrected chi connectivity index (χ3v) is 6.46. The van der Waals surface area contributed by atoms with Crippen LogP contribution in [0.4, 0.5) is 11.4 Å². The second-order valence-electron chi connectivity index (χ2n) is 7.21. The zero-order valence-electron chi connectivity index (χ0n) is 18.4. The fraction of sp³-hybridized carbons (Fsp3) is 0.240. The van der Waals surface area contributed by atoms with Gasteiger partial charge in [0.15, 0.2) is 11.5 Å². The lowest BCUT2D eigenvalue weighted by molar-refractivity contribution is 0.0950. The highest BCUT2D eigenvalue weighted by molar-refractivity contribution is 7.99. The number of fused-ring (bicyclic) bond motifs is 2. The second-order valence-corrected chi connectivity index (χ2v) is 8.29. The van der Waals surface area contributed by atoms with Gasteiger partial charge in [-0.25, -0.2) is 0 Å². The lowest BCUT2D eigenvalue weighted by Crippen LogP contribution is -2.29. The van der Waals surface area contributed by atoms with Gasteiger partial charge >= 0.3 is 0 Å². The predicted molar refractivity (Wildman–Crippen MR) is 127 cm³/mol. The van der Waals surface area contributed by atoms with Crippen molar-refractivity contribution in [2.24, 2.45) is 0 Å². The second kappa shape index (κ2) is 9.87. The van der Waals surface area contributed by atoms with E-state index in [4.69, 9.17) is 14.2 Å². The first-order valence-electron chi connectivity index (χ1n) is 10.4. The number of hydrogen-bond acceptors (Lipinski definition) is 6. The number of ether oxygens (including phenoxy) is 3. The van der Waals surface area contributed by atoms with Gasteiger partial charge in [0, 0.05) is 35.0 Å². The van der Waals surface area contributed by atoms with E-state index < -0.39 is 0 Å². The maximum atomic E-state index is 12.8. The maximum absolute atomic E-state index is 12.8. The molecule has 7 heteroatoms. The van der Waals surface area contributed by atoms with Gasteiger partial charge in [-0.3, -0.25) is 4.79 Å². The van der Waals surface area contributed by atoms with E-state index in [1.54, 1.807) is 38.1 Å². The SMILES string of the molecule is COc1cc(OC)c(C(=O)NCCCN2c3ccccc3Sc3ccccc32)cc1OC. The van der Waals surface area contributed by atoms with Gasteiger partial charge in [0.05, 0.1) is 38.3 Å². The number of anilines is 2. The summed E-state index contributed by atoms with van der Waals surface area (Å²) in [6, 6.07) is 20.1. The molecule has 0 spiro atoms. The molecule has 3 aromatic carbocycles. The molecular weight excluding hydrogens is 424 g/mol. The number of amides is 1. The van der Waals surface area contributed by atoms with Crippen LogP contribution in [0.5, 0.6) is 17.2 Å². The molecule has 0 saturated heterocycles. The van der Waals surface area contributed by atoms with Gasteiger partial charge in [0.25, 0.3) is 5.91 Å². The number of para-hydroxylation sites is 2. The van der Waals surface area contributed by atoms with Crippen LogP contribution in [0.1, 0.15) is 16.8 Å². The molecule has 1 N–H and O–H groups in total. The van der Waals surface area contributed by atoms with Gasteiger partial charge in [0.1, 0.15) is 5.75 Å². The average molecular weight is 451 g/mol. The van der Waals surface area contributed by atoms with Crippen molar-refractivity contribution in [3.8, 4) is 17.2 Å². The molecule has 0 fully saturated rings. The van der Waals surface area contributed by atoms with Gasteiger partial charge in [0.2, 0.25) is 0 Å². The summed E-state index contributed by atoms with van der Waals surface area (Å²) in [4.78, 5) is 17.6. The number of carbonyl (C=O) groups excluding carboxylic acids is 1.